The van der Waals surface area contributed by atoms with Gasteiger partial charge in [0.2, 0.25) is 0 Å². The van der Waals surface area contributed by atoms with E-state index in [0.717, 1.165) is 19.3 Å². The van der Waals surface area contributed by atoms with Crippen molar-refractivity contribution in [2.45, 2.75) is 63.5 Å². The highest BCUT2D eigenvalue weighted by Gasteiger charge is 2.59. The van der Waals surface area contributed by atoms with Crippen LogP contribution in [0.5, 0.6) is 0 Å². The molecule has 1 fully saturated rings. The molecule has 1 aliphatic heterocycles. The monoisotopic (exact) mass is 384 g/mol. The van der Waals surface area contributed by atoms with E-state index in [1.54, 1.807) is 6.08 Å². The number of hydrogen-bond acceptors (Lipinski definition) is 3. The van der Waals surface area contributed by atoms with Crippen LogP contribution in [0.2, 0.25) is 0 Å². The molecule has 1 atom stereocenters. The summed E-state index contributed by atoms with van der Waals surface area (Å²) in [6, 6.07) is 0. The predicted octanol–water partition coefficient (Wildman–Crippen LogP) is 5.02. The van der Waals surface area contributed by atoms with Gasteiger partial charge in [0.15, 0.2) is 13.0 Å². The largest absolute Gasteiger partial charge is 0.422 e. The summed E-state index contributed by atoms with van der Waals surface area (Å²) < 4.78 is 79.9. The zero-order chi connectivity index (χ0) is 19.2. The van der Waals surface area contributed by atoms with Crippen molar-refractivity contribution in [1.29, 1.82) is 0 Å². The van der Waals surface area contributed by atoms with Gasteiger partial charge in [-0.3, -0.25) is 0 Å². The van der Waals surface area contributed by atoms with Gasteiger partial charge in [0.05, 0.1) is 19.3 Å². The normalized spacial score (nSPS) is 27.5. The maximum atomic E-state index is 13.3. The summed E-state index contributed by atoms with van der Waals surface area (Å²) in [6.07, 6.45) is 1.93. The molecule has 0 spiro atoms. The van der Waals surface area contributed by atoms with E-state index in [0.29, 0.717) is 24.7 Å². The third-order valence-electron chi connectivity index (χ3n) is 4.44. The Balaban J connectivity index is 1.79. The Kier molecular flexibility index (Phi) is 7.61. The van der Waals surface area contributed by atoms with Crippen molar-refractivity contribution < 1.29 is 36.2 Å². The molecule has 1 aliphatic carbocycles. The van der Waals surface area contributed by atoms with E-state index in [1.807, 2.05) is 0 Å². The van der Waals surface area contributed by atoms with Crippen LogP contribution < -0.4 is 0 Å². The maximum Gasteiger partial charge on any atom is 0.422 e. The lowest BCUT2D eigenvalue weighted by Crippen LogP contribution is -2.46. The first-order valence-corrected chi connectivity index (χ1v) is 8.90. The second-order valence-corrected chi connectivity index (χ2v) is 6.67. The minimum absolute atomic E-state index is 0.0487. The Morgan fingerprint density at radius 3 is 2.38 bits per heavy atom. The van der Waals surface area contributed by atoms with Gasteiger partial charge in [-0.2, -0.15) is 17.6 Å². The van der Waals surface area contributed by atoms with Crippen LogP contribution in [0.4, 0.5) is 22.0 Å². The molecule has 0 saturated carbocycles. The average molecular weight is 384 g/mol. The minimum Gasteiger partial charge on any atom is -0.348 e. The highest BCUT2D eigenvalue weighted by molar-refractivity contribution is 5.27. The first-order chi connectivity index (χ1) is 12.3. The SMILES string of the molecule is CCCCCC1COC(C2=CCC(OC(F)(F)C(F)(F)CF)C=C2)OC1. The number of halogens is 5. The summed E-state index contributed by atoms with van der Waals surface area (Å²) in [5.41, 5.74) is 0.637. The number of unbranched alkanes of at least 4 members (excludes halogenated alkanes) is 2. The molecule has 0 aromatic heterocycles. The zero-order valence-corrected chi connectivity index (χ0v) is 14.7. The molecule has 0 aromatic carbocycles. The van der Waals surface area contributed by atoms with Crippen molar-refractivity contribution in [2.24, 2.45) is 5.92 Å². The molecule has 8 heteroatoms. The molecule has 0 aromatic rings. The van der Waals surface area contributed by atoms with Crippen LogP contribution in [0.1, 0.15) is 39.0 Å². The van der Waals surface area contributed by atoms with Gasteiger partial charge in [0.25, 0.3) is 0 Å². The minimum atomic E-state index is -4.87. The fourth-order valence-corrected chi connectivity index (χ4v) is 2.82. The van der Waals surface area contributed by atoms with Gasteiger partial charge >= 0.3 is 12.0 Å². The smallest absolute Gasteiger partial charge is 0.348 e. The van der Waals surface area contributed by atoms with E-state index < -0.39 is 31.1 Å². The van der Waals surface area contributed by atoms with Crippen molar-refractivity contribution >= 4 is 0 Å². The molecule has 0 amide bonds. The van der Waals surface area contributed by atoms with Crippen LogP contribution in [0.15, 0.2) is 23.8 Å². The summed E-state index contributed by atoms with van der Waals surface area (Å²) >= 11 is 0. The second-order valence-electron chi connectivity index (χ2n) is 6.67. The molecule has 26 heavy (non-hydrogen) atoms. The molecule has 0 N–H and O–H groups in total. The van der Waals surface area contributed by atoms with Crippen LogP contribution in [-0.2, 0) is 14.2 Å². The zero-order valence-electron chi connectivity index (χ0n) is 14.7. The van der Waals surface area contributed by atoms with Gasteiger partial charge in [0.1, 0.15) is 0 Å². The fraction of sp³-hybridized carbons (Fsp3) is 0.778. The first kappa shape index (κ1) is 21.3. The molecule has 1 unspecified atom stereocenters. The molecule has 2 aliphatic rings. The number of rotatable bonds is 9. The Bertz CT molecular complexity index is 499. The molecule has 3 nitrogen and oxygen atoms in total. The Hall–Kier alpha value is -0.990. The Labute approximate surface area is 150 Å². The highest BCUT2D eigenvalue weighted by Crippen LogP contribution is 2.38. The fourth-order valence-electron chi connectivity index (χ4n) is 2.82. The van der Waals surface area contributed by atoms with Crippen molar-refractivity contribution in [1.82, 2.24) is 0 Å². The molecule has 0 radical (unpaired) electrons. The molecular formula is C18H25F5O3. The molecule has 0 bridgehead atoms. The van der Waals surface area contributed by atoms with Crippen molar-refractivity contribution in [3.8, 4) is 0 Å². The second kappa shape index (κ2) is 9.28. The standard InChI is InChI=1S/C18H25F5O3/c1-2-3-4-5-13-10-24-16(25-11-13)14-6-8-15(9-7-14)26-18(22,23)17(20,21)12-19/h6-8,13,15-16H,2-5,9-12H2,1H3. The number of hydrogen-bond donors (Lipinski definition) is 0. The summed E-state index contributed by atoms with van der Waals surface area (Å²) in [4.78, 5) is 0. The molecule has 1 heterocycles. The molecular weight excluding hydrogens is 359 g/mol. The van der Waals surface area contributed by atoms with E-state index >= 15 is 0 Å². The quantitative estimate of drug-likeness (QED) is 0.412. The third-order valence-corrected chi connectivity index (χ3v) is 4.44. The van der Waals surface area contributed by atoms with Crippen LogP contribution >= 0.6 is 0 Å². The number of alkyl halides is 5. The van der Waals surface area contributed by atoms with Gasteiger partial charge in [0, 0.05) is 11.5 Å². The predicted molar refractivity (Wildman–Crippen MR) is 85.9 cm³/mol. The van der Waals surface area contributed by atoms with E-state index in [4.69, 9.17) is 9.47 Å². The Morgan fingerprint density at radius 2 is 1.85 bits per heavy atom. The Morgan fingerprint density at radius 1 is 1.15 bits per heavy atom. The van der Waals surface area contributed by atoms with Crippen molar-refractivity contribution in [3.05, 3.63) is 23.8 Å². The summed E-state index contributed by atoms with van der Waals surface area (Å²) in [6.45, 7) is 0.763. The van der Waals surface area contributed by atoms with Gasteiger partial charge in [-0.05, 0) is 12.8 Å². The topological polar surface area (TPSA) is 27.7 Å². The lowest BCUT2D eigenvalue weighted by Gasteiger charge is -2.32. The number of ether oxygens (including phenoxy) is 3. The van der Waals surface area contributed by atoms with Crippen LogP contribution in [0, 0.1) is 5.92 Å². The summed E-state index contributed by atoms with van der Waals surface area (Å²) in [5.74, 6) is -4.52. The van der Waals surface area contributed by atoms with Gasteiger partial charge in [-0.1, -0.05) is 44.4 Å². The highest BCUT2D eigenvalue weighted by atomic mass is 19.3. The average Bonchev–Trinajstić information content (AvgIpc) is 2.63. The molecule has 2 rings (SSSR count). The van der Waals surface area contributed by atoms with Crippen LogP contribution in [0.25, 0.3) is 0 Å². The van der Waals surface area contributed by atoms with Gasteiger partial charge in [-0.15, -0.1) is 0 Å². The lowest BCUT2D eigenvalue weighted by molar-refractivity contribution is -0.358. The maximum absolute atomic E-state index is 13.3. The molecule has 150 valence electrons. The summed E-state index contributed by atoms with van der Waals surface area (Å²) in [5, 5.41) is 0. The lowest BCUT2D eigenvalue weighted by atomic mass is 10.0. The van der Waals surface area contributed by atoms with E-state index in [1.165, 1.54) is 18.6 Å². The summed E-state index contributed by atoms with van der Waals surface area (Å²) in [7, 11) is 0. The van der Waals surface area contributed by atoms with Gasteiger partial charge in [-0.25, -0.2) is 4.39 Å². The van der Waals surface area contributed by atoms with E-state index in [-0.39, 0.29) is 6.42 Å². The van der Waals surface area contributed by atoms with E-state index in [2.05, 4.69) is 11.7 Å². The van der Waals surface area contributed by atoms with Crippen LogP contribution in [-0.4, -0.2) is 44.3 Å². The molecule has 1 saturated heterocycles. The van der Waals surface area contributed by atoms with Crippen molar-refractivity contribution in [2.75, 3.05) is 19.9 Å². The van der Waals surface area contributed by atoms with Crippen molar-refractivity contribution in [3.63, 3.8) is 0 Å². The van der Waals surface area contributed by atoms with E-state index in [9.17, 15) is 22.0 Å². The van der Waals surface area contributed by atoms with Gasteiger partial charge < -0.3 is 14.2 Å². The van der Waals surface area contributed by atoms with Crippen LogP contribution in [0.3, 0.4) is 0 Å². The third kappa shape index (κ3) is 5.50. The first-order valence-electron chi connectivity index (χ1n) is 8.90.